The van der Waals surface area contributed by atoms with Gasteiger partial charge in [0.2, 0.25) is 5.91 Å². The second kappa shape index (κ2) is 8.05. The summed E-state index contributed by atoms with van der Waals surface area (Å²) in [5, 5.41) is 10.1. The molecule has 7 heteroatoms. The van der Waals surface area contributed by atoms with Crippen LogP contribution in [0.1, 0.15) is 35.5 Å². The molecule has 1 atom stereocenters. The minimum atomic E-state index is -0.285. The Labute approximate surface area is 155 Å². The van der Waals surface area contributed by atoms with Crippen LogP contribution in [0.3, 0.4) is 0 Å². The first-order valence-corrected chi connectivity index (χ1v) is 9.19. The zero-order valence-corrected chi connectivity index (χ0v) is 15.4. The second-order valence-electron chi connectivity index (χ2n) is 5.83. The van der Waals surface area contributed by atoms with Crippen molar-refractivity contribution in [2.75, 3.05) is 13.7 Å². The Morgan fingerprint density at radius 1 is 1.31 bits per heavy atom. The molecule has 3 rings (SSSR count). The van der Waals surface area contributed by atoms with Crippen molar-refractivity contribution in [1.82, 2.24) is 10.6 Å². The predicted octanol–water partition coefficient (Wildman–Crippen LogP) is 3.50. The third kappa shape index (κ3) is 4.05. The van der Waals surface area contributed by atoms with Crippen LogP contribution in [0, 0.1) is 0 Å². The molecule has 2 aromatic heterocycles. The average molecular weight is 372 g/mol. The lowest BCUT2D eigenvalue weighted by molar-refractivity contribution is -0.121. The molecule has 1 unspecified atom stereocenters. The molecule has 3 aromatic rings. The SMILES string of the molecule is COc1cccc2cc(C(C)NC(=O)CCNC(=O)c3ccsc3)oc12. The van der Waals surface area contributed by atoms with Gasteiger partial charge in [-0.3, -0.25) is 9.59 Å². The Bertz CT molecular complexity index is 902. The fourth-order valence-corrected chi connectivity index (χ4v) is 3.24. The molecule has 2 heterocycles. The van der Waals surface area contributed by atoms with E-state index in [4.69, 9.17) is 9.15 Å². The number of amides is 2. The monoisotopic (exact) mass is 372 g/mol. The Morgan fingerprint density at radius 3 is 2.88 bits per heavy atom. The molecule has 6 nitrogen and oxygen atoms in total. The van der Waals surface area contributed by atoms with E-state index in [0.29, 0.717) is 22.7 Å². The van der Waals surface area contributed by atoms with Crippen molar-refractivity contribution < 1.29 is 18.7 Å². The number of carbonyl (C=O) groups excluding carboxylic acids is 2. The van der Waals surface area contributed by atoms with Crippen LogP contribution < -0.4 is 15.4 Å². The smallest absolute Gasteiger partial charge is 0.252 e. The normalized spacial score (nSPS) is 11.9. The summed E-state index contributed by atoms with van der Waals surface area (Å²) in [7, 11) is 1.59. The summed E-state index contributed by atoms with van der Waals surface area (Å²) in [6, 6.07) is 9.00. The molecule has 0 aliphatic carbocycles. The van der Waals surface area contributed by atoms with E-state index in [1.54, 1.807) is 18.6 Å². The maximum atomic E-state index is 12.1. The van der Waals surface area contributed by atoms with Crippen LogP contribution in [-0.2, 0) is 4.79 Å². The highest BCUT2D eigenvalue weighted by atomic mass is 32.1. The number of nitrogens with one attached hydrogen (secondary N) is 2. The molecule has 0 fully saturated rings. The van der Waals surface area contributed by atoms with Gasteiger partial charge in [-0.15, -0.1) is 0 Å². The minimum Gasteiger partial charge on any atom is -0.493 e. The Morgan fingerprint density at radius 2 is 2.15 bits per heavy atom. The molecular formula is C19H20N2O4S. The van der Waals surface area contributed by atoms with Crippen molar-refractivity contribution in [1.29, 1.82) is 0 Å². The van der Waals surface area contributed by atoms with Crippen LogP contribution >= 0.6 is 11.3 Å². The number of benzene rings is 1. The van der Waals surface area contributed by atoms with Crippen LogP contribution in [0.25, 0.3) is 11.0 Å². The number of thiophene rings is 1. The first kappa shape index (κ1) is 18.0. The van der Waals surface area contributed by atoms with E-state index in [2.05, 4.69) is 10.6 Å². The van der Waals surface area contributed by atoms with E-state index in [0.717, 1.165) is 5.39 Å². The van der Waals surface area contributed by atoms with E-state index >= 15 is 0 Å². The summed E-state index contributed by atoms with van der Waals surface area (Å²) >= 11 is 1.46. The van der Waals surface area contributed by atoms with E-state index in [-0.39, 0.29) is 30.8 Å². The lowest BCUT2D eigenvalue weighted by Gasteiger charge is -2.11. The number of rotatable bonds is 7. The topological polar surface area (TPSA) is 80.6 Å². The lowest BCUT2D eigenvalue weighted by Crippen LogP contribution is -2.31. The molecule has 26 heavy (non-hydrogen) atoms. The van der Waals surface area contributed by atoms with Crippen LogP contribution in [0.15, 0.2) is 45.5 Å². The summed E-state index contributed by atoms with van der Waals surface area (Å²) in [6.07, 6.45) is 0.198. The van der Waals surface area contributed by atoms with Crippen LogP contribution in [0.4, 0.5) is 0 Å². The maximum absolute atomic E-state index is 12.1. The van der Waals surface area contributed by atoms with Gasteiger partial charge in [-0.25, -0.2) is 0 Å². The summed E-state index contributed by atoms with van der Waals surface area (Å²) in [4.78, 5) is 23.9. The number of carbonyl (C=O) groups is 2. The summed E-state index contributed by atoms with van der Waals surface area (Å²) in [5.74, 6) is 0.982. The first-order chi connectivity index (χ1) is 12.6. The highest BCUT2D eigenvalue weighted by Crippen LogP contribution is 2.30. The lowest BCUT2D eigenvalue weighted by atomic mass is 10.2. The third-order valence-corrected chi connectivity index (χ3v) is 4.66. The van der Waals surface area contributed by atoms with Crippen LogP contribution in [0.5, 0.6) is 5.75 Å². The summed E-state index contributed by atoms with van der Waals surface area (Å²) < 4.78 is 11.1. The van der Waals surface area contributed by atoms with Crippen LogP contribution in [-0.4, -0.2) is 25.5 Å². The number of fused-ring (bicyclic) bond motifs is 1. The Balaban J connectivity index is 1.53. The summed E-state index contributed by atoms with van der Waals surface area (Å²) in [5.41, 5.74) is 1.27. The van der Waals surface area contributed by atoms with E-state index in [9.17, 15) is 9.59 Å². The zero-order valence-electron chi connectivity index (χ0n) is 14.6. The summed E-state index contributed by atoms with van der Waals surface area (Å²) in [6.45, 7) is 2.13. The standard InChI is InChI=1S/C19H20N2O4S/c1-12(16-10-13-4-3-5-15(24-2)18(13)25-16)21-17(22)6-8-20-19(23)14-7-9-26-11-14/h3-5,7,9-12H,6,8H2,1-2H3,(H,20,23)(H,21,22). The zero-order chi connectivity index (χ0) is 18.5. The highest BCUT2D eigenvalue weighted by Gasteiger charge is 2.16. The van der Waals surface area contributed by atoms with Crippen molar-refractivity contribution in [2.45, 2.75) is 19.4 Å². The van der Waals surface area contributed by atoms with Gasteiger partial charge in [0.15, 0.2) is 11.3 Å². The quantitative estimate of drug-likeness (QED) is 0.665. The molecule has 0 saturated heterocycles. The number of furan rings is 1. The average Bonchev–Trinajstić information content (AvgIpc) is 3.30. The van der Waals surface area contributed by atoms with E-state index in [1.807, 2.05) is 36.6 Å². The Kier molecular flexibility index (Phi) is 5.58. The van der Waals surface area contributed by atoms with Crippen molar-refractivity contribution in [3.63, 3.8) is 0 Å². The van der Waals surface area contributed by atoms with Crippen molar-refractivity contribution in [3.8, 4) is 5.75 Å². The largest absolute Gasteiger partial charge is 0.493 e. The van der Waals surface area contributed by atoms with Gasteiger partial charge in [0.05, 0.1) is 13.2 Å². The molecule has 0 spiro atoms. The highest BCUT2D eigenvalue weighted by molar-refractivity contribution is 7.08. The van der Waals surface area contributed by atoms with Crippen molar-refractivity contribution >= 4 is 34.1 Å². The van der Waals surface area contributed by atoms with E-state index < -0.39 is 0 Å². The molecule has 136 valence electrons. The first-order valence-electron chi connectivity index (χ1n) is 8.24. The maximum Gasteiger partial charge on any atom is 0.252 e. The van der Waals surface area contributed by atoms with Gasteiger partial charge in [0.1, 0.15) is 5.76 Å². The molecule has 0 aliphatic heterocycles. The van der Waals surface area contributed by atoms with Gasteiger partial charge in [-0.05, 0) is 30.5 Å². The van der Waals surface area contributed by atoms with Gasteiger partial charge < -0.3 is 19.8 Å². The van der Waals surface area contributed by atoms with Crippen LogP contribution in [0.2, 0.25) is 0 Å². The molecule has 2 amide bonds. The molecule has 0 bridgehead atoms. The van der Waals surface area contributed by atoms with Gasteiger partial charge in [0, 0.05) is 29.3 Å². The van der Waals surface area contributed by atoms with Crippen molar-refractivity contribution in [2.24, 2.45) is 0 Å². The predicted molar refractivity (Wildman–Crippen MR) is 101 cm³/mol. The fraction of sp³-hybridized carbons (Fsp3) is 0.263. The Hall–Kier alpha value is -2.80. The second-order valence-corrected chi connectivity index (χ2v) is 6.61. The van der Waals surface area contributed by atoms with Crippen molar-refractivity contribution in [3.05, 3.63) is 52.4 Å². The molecule has 0 aliphatic rings. The van der Waals surface area contributed by atoms with Gasteiger partial charge >= 0.3 is 0 Å². The number of hydrogen-bond donors (Lipinski definition) is 2. The van der Waals surface area contributed by atoms with Gasteiger partial charge in [-0.1, -0.05) is 12.1 Å². The molecule has 0 saturated carbocycles. The molecule has 2 N–H and O–H groups in total. The fourth-order valence-electron chi connectivity index (χ4n) is 2.60. The van der Waals surface area contributed by atoms with Gasteiger partial charge in [-0.2, -0.15) is 11.3 Å². The number of methoxy groups -OCH3 is 1. The van der Waals surface area contributed by atoms with E-state index in [1.165, 1.54) is 11.3 Å². The number of para-hydroxylation sites is 1. The van der Waals surface area contributed by atoms with Gasteiger partial charge in [0.25, 0.3) is 5.91 Å². The number of ether oxygens (including phenoxy) is 1. The molecular weight excluding hydrogens is 352 g/mol. The molecule has 1 aromatic carbocycles. The third-order valence-electron chi connectivity index (χ3n) is 3.97. The minimum absolute atomic E-state index is 0.157. The number of hydrogen-bond acceptors (Lipinski definition) is 5. The molecule has 0 radical (unpaired) electrons.